The first-order valence-corrected chi connectivity index (χ1v) is 12.2. The van der Waals surface area contributed by atoms with Crippen LogP contribution >= 0.6 is 0 Å². The zero-order chi connectivity index (χ0) is 21.8. The van der Waals surface area contributed by atoms with E-state index in [1.54, 1.807) is 0 Å². The first kappa shape index (κ1) is 22.3. The molecule has 168 valence electrons. The summed E-state index contributed by atoms with van der Waals surface area (Å²) in [5.74, 6) is 1.72. The maximum absolute atomic E-state index is 8.94. The van der Waals surface area contributed by atoms with Crippen LogP contribution in [-0.4, -0.2) is 54.3 Å². The summed E-state index contributed by atoms with van der Waals surface area (Å²) >= 11 is 0. The molecule has 1 unspecified atom stereocenters. The predicted octanol–water partition coefficient (Wildman–Crippen LogP) is 5.21. The summed E-state index contributed by atoms with van der Waals surface area (Å²) in [5, 5.41) is 8.94. The van der Waals surface area contributed by atoms with Crippen molar-refractivity contribution in [2.45, 2.75) is 64.2 Å². The van der Waals surface area contributed by atoms with Crippen LogP contribution in [0.15, 0.2) is 36.4 Å². The van der Waals surface area contributed by atoms with E-state index >= 15 is 0 Å². The Balaban J connectivity index is 1.44. The van der Waals surface area contributed by atoms with Gasteiger partial charge in [0.05, 0.1) is 5.69 Å². The van der Waals surface area contributed by atoms with Crippen molar-refractivity contribution in [3.63, 3.8) is 0 Å². The topological polar surface area (TPSA) is 39.6 Å². The summed E-state index contributed by atoms with van der Waals surface area (Å²) in [4.78, 5) is 10.0. The van der Waals surface area contributed by atoms with Gasteiger partial charge >= 0.3 is 0 Å². The van der Waals surface area contributed by atoms with Crippen LogP contribution in [0, 0.1) is 0 Å². The van der Waals surface area contributed by atoms with E-state index in [9.17, 15) is 0 Å². The zero-order valence-electron chi connectivity index (χ0n) is 19.6. The largest absolute Gasteiger partial charge is 0.396 e. The smallest absolute Gasteiger partial charge is 0.129 e. The maximum Gasteiger partial charge on any atom is 0.129 e. The molecule has 0 saturated carbocycles. The molecule has 1 fully saturated rings. The Kier molecular flexibility index (Phi) is 6.98. The molecule has 0 spiro atoms. The third-order valence-corrected chi connectivity index (χ3v) is 7.37. The Labute approximate surface area is 188 Å². The molecule has 1 aliphatic heterocycles. The summed E-state index contributed by atoms with van der Waals surface area (Å²) < 4.78 is 0. The second-order valence-corrected chi connectivity index (χ2v) is 10.1. The molecule has 4 rings (SSSR count). The molecule has 0 bridgehead atoms. The van der Waals surface area contributed by atoms with Crippen molar-refractivity contribution in [1.29, 1.82) is 0 Å². The number of aromatic nitrogens is 1. The molecule has 2 aromatic rings. The molecule has 0 radical (unpaired) electrons. The van der Waals surface area contributed by atoms with E-state index < -0.39 is 0 Å². The number of pyridine rings is 1. The van der Waals surface area contributed by atoms with Crippen LogP contribution in [0.5, 0.6) is 0 Å². The average molecular weight is 422 g/mol. The number of nitrogens with zero attached hydrogens (tertiary/aromatic N) is 3. The van der Waals surface area contributed by atoms with Crippen LogP contribution < -0.4 is 4.90 Å². The Bertz CT molecular complexity index is 871. The molecule has 4 heteroatoms. The van der Waals surface area contributed by atoms with Gasteiger partial charge in [-0.25, -0.2) is 4.98 Å². The van der Waals surface area contributed by atoms with Crippen LogP contribution in [0.25, 0.3) is 11.3 Å². The molecule has 1 aromatic carbocycles. The minimum absolute atomic E-state index is 0.271. The van der Waals surface area contributed by atoms with Crippen LogP contribution in [0.3, 0.4) is 0 Å². The van der Waals surface area contributed by atoms with Crippen molar-refractivity contribution in [3.05, 3.63) is 47.5 Å². The number of hydrogen-bond donors (Lipinski definition) is 1. The first-order valence-electron chi connectivity index (χ1n) is 12.2. The summed E-state index contributed by atoms with van der Waals surface area (Å²) in [5.41, 5.74) is 5.62. The van der Waals surface area contributed by atoms with Gasteiger partial charge < -0.3 is 10.0 Å². The van der Waals surface area contributed by atoms with Crippen molar-refractivity contribution < 1.29 is 5.11 Å². The fourth-order valence-electron chi connectivity index (χ4n) is 5.20. The van der Waals surface area contributed by atoms with E-state index in [1.165, 1.54) is 36.0 Å². The number of hydrogen-bond acceptors (Lipinski definition) is 4. The van der Waals surface area contributed by atoms with E-state index in [-0.39, 0.29) is 5.41 Å². The molecule has 1 aliphatic carbocycles. The molecule has 1 atom stereocenters. The summed E-state index contributed by atoms with van der Waals surface area (Å²) in [6.07, 6.45) is 5.76. The van der Waals surface area contributed by atoms with E-state index in [0.29, 0.717) is 12.5 Å². The first-order chi connectivity index (χ1) is 15.0. The lowest BCUT2D eigenvalue weighted by Gasteiger charge is -2.36. The molecule has 1 N–H and O–H groups in total. The van der Waals surface area contributed by atoms with Gasteiger partial charge in [0.1, 0.15) is 5.82 Å². The summed E-state index contributed by atoms with van der Waals surface area (Å²) in [6, 6.07) is 13.5. The number of rotatable bonds is 7. The van der Waals surface area contributed by atoms with E-state index in [1.807, 2.05) is 0 Å². The molecule has 4 nitrogen and oxygen atoms in total. The number of unbranched alkanes of at least 4 members (excludes halogenated alkanes) is 2. The third kappa shape index (κ3) is 5.12. The standard InChI is InChI=1S/C27H39N3O/c1-21-12-13-27(2,3)24-11-10-22(20-23(21)24)25-8-7-9-26(28-25)30-17-15-29(16-18-30)14-5-4-6-19-31/h7-11,20-21,31H,4-6,12-19H2,1-3H3. The van der Waals surface area contributed by atoms with Crippen molar-refractivity contribution in [2.75, 3.05) is 44.2 Å². The zero-order valence-corrected chi connectivity index (χ0v) is 19.6. The fraction of sp³-hybridized carbons (Fsp3) is 0.593. The average Bonchev–Trinajstić information content (AvgIpc) is 2.80. The summed E-state index contributed by atoms with van der Waals surface area (Å²) in [7, 11) is 0. The van der Waals surface area contributed by atoms with Gasteiger partial charge in [-0.05, 0) is 79.3 Å². The van der Waals surface area contributed by atoms with Gasteiger partial charge in [-0.3, -0.25) is 4.90 Å². The molecule has 2 aliphatic rings. The number of aliphatic hydroxyl groups is 1. The van der Waals surface area contributed by atoms with Gasteiger partial charge in [-0.15, -0.1) is 0 Å². The number of piperazine rings is 1. The molecule has 2 heterocycles. The summed E-state index contributed by atoms with van der Waals surface area (Å²) in [6.45, 7) is 12.8. The molecule has 1 aromatic heterocycles. The Morgan fingerprint density at radius 3 is 2.61 bits per heavy atom. The van der Waals surface area contributed by atoms with Gasteiger partial charge in [-0.1, -0.05) is 39.0 Å². The second kappa shape index (κ2) is 9.70. The predicted molar refractivity (Wildman–Crippen MR) is 130 cm³/mol. The lowest BCUT2D eigenvalue weighted by Crippen LogP contribution is -2.46. The normalized spacial score (nSPS) is 21.2. The highest BCUT2D eigenvalue weighted by Crippen LogP contribution is 2.43. The lowest BCUT2D eigenvalue weighted by atomic mass is 9.69. The SMILES string of the molecule is CC1CCC(C)(C)c2ccc(-c3cccc(N4CCN(CCCCCO)CC4)n3)cc21. The number of anilines is 1. The fourth-order valence-corrected chi connectivity index (χ4v) is 5.20. The second-order valence-electron chi connectivity index (χ2n) is 10.1. The highest BCUT2D eigenvalue weighted by atomic mass is 16.2. The van der Waals surface area contributed by atoms with Crippen LogP contribution in [0.1, 0.15) is 69.9 Å². The molecule has 1 saturated heterocycles. The molecular weight excluding hydrogens is 382 g/mol. The van der Waals surface area contributed by atoms with Gasteiger partial charge in [0.2, 0.25) is 0 Å². The van der Waals surface area contributed by atoms with E-state index in [2.05, 4.69) is 67.0 Å². The van der Waals surface area contributed by atoms with Crippen molar-refractivity contribution in [3.8, 4) is 11.3 Å². The van der Waals surface area contributed by atoms with Gasteiger partial charge in [-0.2, -0.15) is 0 Å². The number of aliphatic hydroxyl groups excluding tert-OH is 1. The van der Waals surface area contributed by atoms with Gasteiger partial charge in [0.25, 0.3) is 0 Å². The van der Waals surface area contributed by atoms with Crippen molar-refractivity contribution in [1.82, 2.24) is 9.88 Å². The van der Waals surface area contributed by atoms with E-state index in [0.717, 1.165) is 57.1 Å². The lowest BCUT2D eigenvalue weighted by molar-refractivity contribution is 0.242. The van der Waals surface area contributed by atoms with Crippen LogP contribution in [-0.2, 0) is 5.41 Å². The minimum Gasteiger partial charge on any atom is -0.396 e. The Hall–Kier alpha value is -1.91. The molecule has 0 amide bonds. The highest BCUT2D eigenvalue weighted by Gasteiger charge is 2.31. The van der Waals surface area contributed by atoms with Crippen LogP contribution in [0.2, 0.25) is 0 Å². The monoisotopic (exact) mass is 421 g/mol. The highest BCUT2D eigenvalue weighted by molar-refractivity contribution is 5.64. The van der Waals surface area contributed by atoms with Gasteiger partial charge in [0, 0.05) is 38.3 Å². The molecular formula is C27H39N3O. The van der Waals surface area contributed by atoms with Crippen molar-refractivity contribution in [2.24, 2.45) is 0 Å². The van der Waals surface area contributed by atoms with E-state index in [4.69, 9.17) is 10.1 Å². The third-order valence-electron chi connectivity index (χ3n) is 7.37. The number of benzene rings is 1. The molecule has 31 heavy (non-hydrogen) atoms. The van der Waals surface area contributed by atoms with Gasteiger partial charge in [0.15, 0.2) is 0 Å². The van der Waals surface area contributed by atoms with Crippen molar-refractivity contribution >= 4 is 5.82 Å². The quantitative estimate of drug-likeness (QED) is 0.623. The number of fused-ring (bicyclic) bond motifs is 1. The maximum atomic E-state index is 8.94. The Morgan fingerprint density at radius 1 is 1.03 bits per heavy atom. The van der Waals surface area contributed by atoms with Crippen LogP contribution in [0.4, 0.5) is 5.82 Å². The Morgan fingerprint density at radius 2 is 1.84 bits per heavy atom. The minimum atomic E-state index is 0.271.